The van der Waals surface area contributed by atoms with Gasteiger partial charge in [-0.2, -0.15) is 0 Å². The number of hydrogen-bond donors (Lipinski definition) is 2. The zero-order valence-corrected chi connectivity index (χ0v) is 11.2. The lowest BCUT2D eigenvalue weighted by atomic mass is 10.1. The summed E-state index contributed by atoms with van der Waals surface area (Å²) < 4.78 is 0.547. The first-order valence-corrected chi connectivity index (χ1v) is 6.24. The molecule has 0 spiro atoms. The number of aliphatic hydroxyl groups excluding tert-OH is 1. The summed E-state index contributed by atoms with van der Waals surface area (Å²) in [6.07, 6.45) is 6.61. The number of allylic oxidation sites excluding steroid dienone is 2. The van der Waals surface area contributed by atoms with Gasteiger partial charge >= 0.3 is 5.97 Å². The van der Waals surface area contributed by atoms with Crippen molar-refractivity contribution >= 4 is 5.97 Å². The molecule has 0 rings (SSSR count). The summed E-state index contributed by atoms with van der Waals surface area (Å²) in [7, 11) is 3.90. The van der Waals surface area contributed by atoms with Gasteiger partial charge in [0.1, 0.15) is 12.6 Å². The van der Waals surface area contributed by atoms with Gasteiger partial charge in [-0.25, -0.2) is 0 Å². The van der Waals surface area contributed by atoms with E-state index in [0.29, 0.717) is 17.6 Å². The predicted octanol–water partition coefficient (Wildman–Crippen LogP) is 1.64. The molecule has 17 heavy (non-hydrogen) atoms. The molecule has 0 aromatic heterocycles. The van der Waals surface area contributed by atoms with Crippen LogP contribution in [0, 0.1) is 0 Å². The van der Waals surface area contributed by atoms with E-state index in [1.165, 1.54) is 0 Å². The predicted molar refractivity (Wildman–Crippen MR) is 68.8 cm³/mol. The molecule has 0 heterocycles. The van der Waals surface area contributed by atoms with Crippen LogP contribution in [-0.2, 0) is 4.79 Å². The molecule has 0 aromatic carbocycles. The Bertz CT molecular complexity index is 249. The van der Waals surface area contributed by atoms with E-state index >= 15 is 0 Å². The lowest BCUT2D eigenvalue weighted by molar-refractivity contribution is -0.892. The largest absolute Gasteiger partial charge is 0.481 e. The Morgan fingerprint density at radius 1 is 1.35 bits per heavy atom. The average molecular weight is 244 g/mol. The maximum absolute atomic E-state index is 10.5. The average Bonchev–Trinajstić information content (AvgIpc) is 2.21. The minimum absolute atomic E-state index is 0.148. The lowest BCUT2D eigenvalue weighted by Gasteiger charge is -2.31. The van der Waals surface area contributed by atoms with Crippen molar-refractivity contribution in [1.29, 1.82) is 0 Å². The highest BCUT2D eigenvalue weighted by molar-refractivity contribution is 5.66. The van der Waals surface area contributed by atoms with Crippen LogP contribution < -0.4 is 0 Å². The summed E-state index contributed by atoms with van der Waals surface area (Å²) in [5, 5.41) is 18.5. The van der Waals surface area contributed by atoms with Gasteiger partial charge in [-0.05, 0) is 19.3 Å². The second kappa shape index (κ2) is 8.25. The summed E-state index contributed by atoms with van der Waals surface area (Å²) in [6.45, 7) is 3.24. The van der Waals surface area contributed by atoms with Crippen LogP contribution in [0.2, 0.25) is 0 Å². The van der Waals surface area contributed by atoms with Gasteiger partial charge < -0.3 is 14.7 Å². The van der Waals surface area contributed by atoms with Crippen molar-refractivity contribution in [1.82, 2.24) is 0 Å². The van der Waals surface area contributed by atoms with Crippen LogP contribution in [0.5, 0.6) is 0 Å². The summed E-state index contributed by atoms with van der Waals surface area (Å²) in [6, 6.07) is 0. The third-order valence-corrected chi connectivity index (χ3v) is 2.70. The third-order valence-electron chi connectivity index (χ3n) is 2.70. The molecule has 0 bridgehead atoms. The SMILES string of the molecule is CC/C=C/CCC(O)C[N+](C)(C)CCC(=O)O. The second-order valence-corrected chi connectivity index (χ2v) is 5.10. The molecule has 100 valence electrons. The normalized spacial score (nSPS) is 14.1. The number of likely N-dealkylation sites (N-methyl/N-ethyl adjacent to an activating group) is 1. The minimum Gasteiger partial charge on any atom is -0.481 e. The number of carboxylic acids is 1. The highest BCUT2D eigenvalue weighted by atomic mass is 16.4. The molecule has 0 radical (unpaired) electrons. The van der Waals surface area contributed by atoms with Gasteiger partial charge in [-0.3, -0.25) is 4.79 Å². The van der Waals surface area contributed by atoms with Crippen molar-refractivity contribution in [3.05, 3.63) is 12.2 Å². The number of nitrogens with zero attached hydrogens (tertiary/aromatic N) is 1. The van der Waals surface area contributed by atoms with Crippen molar-refractivity contribution < 1.29 is 19.5 Å². The monoisotopic (exact) mass is 244 g/mol. The van der Waals surface area contributed by atoms with Gasteiger partial charge in [0.2, 0.25) is 0 Å². The van der Waals surface area contributed by atoms with Crippen LogP contribution in [0.15, 0.2) is 12.2 Å². The summed E-state index contributed by atoms with van der Waals surface area (Å²) >= 11 is 0. The Morgan fingerprint density at radius 3 is 2.53 bits per heavy atom. The topological polar surface area (TPSA) is 57.5 Å². The minimum atomic E-state index is -0.781. The summed E-state index contributed by atoms with van der Waals surface area (Å²) in [4.78, 5) is 10.5. The number of hydrogen-bond acceptors (Lipinski definition) is 2. The maximum Gasteiger partial charge on any atom is 0.309 e. The molecule has 0 saturated heterocycles. The molecule has 0 aliphatic heterocycles. The molecule has 0 amide bonds. The standard InChI is InChI=1S/C13H25NO3/c1-4-5-6-7-8-12(15)11-14(2,3)10-9-13(16)17/h5-6,12,15H,4,7-11H2,1-3H3/p+1/b6-5+. The van der Waals surface area contributed by atoms with Crippen molar-refractivity contribution in [3.63, 3.8) is 0 Å². The molecule has 4 heteroatoms. The molecule has 0 aromatic rings. The van der Waals surface area contributed by atoms with Gasteiger partial charge in [-0.15, -0.1) is 0 Å². The van der Waals surface area contributed by atoms with E-state index in [9.17, 15) is 9.90 Å². The molecule has 4 nitrogen and oxygen atoms in total. The lowest BCUT2D eigenvalue weighted by Crippen LogP contribution is -2.46. The number of aliphatic hydroxyl groups is 1. The van der Waals surface area contributed by atoms with Crippen LogP contribution in [0.3, 0.4) is 0 Å². The molecule has 1 unspecified atom stereocenters. The molecule has 0 aliphatic carbocycles. The van der Waals surface area contributed by atoms with Crippen LogP contribution in [0.25, 0.3) is 0 Å². The highest BCUT2D eigenvalue weighted by Gasteiger charge is 2.20. The number of quaternary nitrogens is 1. The number of aliphatic carboxylic acids is 1. The Morgan fingerprint density at radius 2 is 2.00 bits per heavy atom. The van der Waals surface area contributed by atoms with Gasteiger partial charge in [0.05, 0.1) is 27.1 Å². The Balaban J connectivity index is 3.87. The van der Waals surface area contributed by atoms with E-state index in [2.05, 4.69) is 19.1 Å². The van der Waals surface area contributed by atoms with E-state index < -0.39 is 5.97 Å². The van der Waals surface area contributed by atoms with E-state index in [1.807, 2.05) is 14.1 Å². The smallest absolute Gasteiger partial charge is 0.309 e. The number of carbonyl (C=O) groups is 1. The van der Waals surface area contributed by atoms with Crippen LogP contribution >= 0.6 is 0 Å². The first-order chi connectivity index (χ1) is 7.87. The first kappa shape index (κ1) is 16.1. The first-order valence-electron chi connectivity index (χ1n) is 6.24. The van der Waals surface area contributed by atoms with Crippen LogP contribution in [0.4, 0.5) is 0 Å². The summed E-state index contributed by atoms with van der Waals surface area (Å²) in [5.74, 6) is -0.781. The van der Waals surface area contributed by atoms with E-state index in [4.69, 9.17) is 5.11 Å². The van der Waals surface area contributed by atoms with E-state index in [1.54, 1.807) is 0 Å². The molecule has 0 fully saturated rings. The summed E-state index contributed by atoms with van der Waals surface area (Å²) in [5.41, 5.74) is 0. The fourth-order valence-electron chi connectivity index (χ4n) is 1.72. The zero-order chi connectivity index (χ0) is 13.3. The number of carboxylic acid groups (broad SMARTS) is 1. The Kier molecular flexibility index (Phi) is 7.83. The third kappa shape index (κ3) is 10.0. The van der Waals surface area contributed by atoms with Crippen molar-refractivity contribution in [2.75, 3.05) is 27.2 Å². The van der Waals surface area contributed by atoms with Gasteiger partial charge in [-0.1, -0.05) is 19.1 Å². The molecular weight excluding hydrogens is 218 g/mol. The van der Waals surface area contributed by atoms with Crippen LogP contribution in [-0.4, -0.2) is 54.0 Å². The molecule has 2 N–H and O–H groups in total. The van der Waals surface area contributed by atoms with Crippen molar-refractivity contribution in [2.24, 2.45) is 0 Å². The van der Waals surface area contributed by atoms with E-state index in [0.717, 1.165) is 19.3 Å². The van der Waals surface area contributed by atoms with Crippen LogP contribution in [0.1, 0.15) is 32.6 Å². The molecule has 0 aliphatic rings. The fraction of sp³-hybridized carbons (Fsp3) is 0.769. The maximum atomic E-state index is 10.5. The fourth-order valence-corrected chi connectivity index (χ4v) is 1.72. The highest BCUT2D eigenvalue weighted by Crippen LogP contribution is 2.07. The zero-order valence-electron chi connectivity index (χ0n) is 11.2. The second-order valence-electron chi connectivity index (χ2n) is 5.10. The van der Waals surface area contributed by atoms with Gasteiger partial charge in [0, 0.05) is 0 Å². The molecule has 0 saturated carbocycles. The quantitative estimate of drug-likeness (QED) is 0.479. The van der Waals surface area contributed by atoms with Crippen molar-refractivity contribution in [2.45, 2.75) is 38.7 Å². The van der Waals surface area contributed by atoms with Gasteiger partial charge in [0.25, 0.3) is 0 Å². The molecular formula is C13H26NO3+. The van der Waals surface area contributed by atoms with E-state index in [-0.39, 0.29) is 12.5 Å². The Labute approximate surface area is 104 Å². The van der Waals surface area contributed by atoms with Crippen molar-refractivity contribution in [3.8, 4) is 0 Å². The van der Waals surface area contributed by atoms with Gasteiger partial charge in [0.15, 0.2) is 0 Å². The number of rotatable bonds is 9. The Hall–Kier alpha value is -0.870. The molecule has 1 atom stereocenters.